The van der Waals surface area contributed by atoms with Crippen LogP contribution in [-0.4, -0.2) is 68.3 Å². The van der Waals surface area contributed by atoms with Crippen LogP contribution in [0.15, 0.2) is 11.6 Å². The number of carbonyl (C=O) groups is 2. The van der Waals surface area contributed by atoms with Gasteiger partial charge in [-0.25, -0.2) is 4.79 Å². The molecule has 8 heteroatoms. The SMILES string of the molecule is CCC(=O)NCCCCCCCCCCNC(=O)OC1CC[C@]2(CO2)C([C@]2(C)O[C@@H]2CC=C(C)C)C1OC. The van der Waals surface area contributed by atoms with Crippen LogP contribution >= 0.6 is 0 Å². The number of hydrogen-bond donors (Lipinski definition) is 2. The van der Waals surface area contributed by atoms with E-state index in [-0.39, 0.29) is 47.4 Å². The maximum absolute atomic E-state index is 12.6. The van der Waals surface area contributed by atoms with Crippen molar-refractivity contribution < 1.29 is 28.5 Å². The Kier molecular flexibility index (Phi) is 11.9. The Morgan fingerprint density at radius 1 is 1.00 bits per heavy atom. The van der Waals surface area contributed by atoms with Crippen molar-refractivity contribution in [1.82, 2.24) is 10.6 Å². The van der Waals surface area contributed by atoms with Crippen LogP contribution in [0, 0.1) is 5.92 Å². The van der Waals surface area contributed by atoms with Crippen LogP contribution in [0.3, 0.4) is 0 Å². The third-order valence-corrected chi connectivity index (χ3v) is 8.51. The molecule has 2 amide bonds. The van der Waals surface area contributed by atoms with Crippen molar-refractivity contribution in [3.8, 4) is 0 Å². The molecule has 1 spiro atoms. The fourth-order valence-electron chi connectivity index (χ4n) is 6.10. The van der Waals surface area contributed by atoms with E-state index >= 15 is 0 Å². The molecule has 1 aliphatic carbocycles. The molecule has 38 heavy (non-hydrogen) atoms. The molecule has 8 nitrogen and oxygen atoms in total. The summed E-state index contributed by atoms with van der Waals surface area (Å²) < 4.78 is 24.1. The molecule has 0 aromatic carbocycles. The zero-order valence-electron chi connectivity index (χ0n) is 24.4. The summed E-state index contributed by atoms with van der Waals surface area (Å²) in [4.78, 5) is 23.8. The van der Waals surface area contributed by atoms with Gasteiger partial charge in [-0.05, 0) is 52.9 Å². The second-order valence-corrected chi connectivity index (χ2v) is 11.8. The largest absolute Gasteiger partial charge is 0.443 e. The van der Waals surface area contributed by atoms with Crippen molar-refractivity contribution in [2.45, 2.75) is 134 Å². The Labute approximate surface area is 229 Å². The Bertz CT molecular complexity index is 794. The topological polar surface area (TPSA) is 102 Å². The van der Waals surface area contributed by atoms with Crippen molar-refractivity contribution >= 4 is 12.0 Å². The molecule has 6 atom stereocenters. The van der Waals surface area contributed by atoms with Gasteiger partial charge in [-0.2, -0.15) is 0 Å². The number of carbonyl (C=O) groups excluding carboxylic acids is 2. The maximum atomic E-state index is 12.6. The lowest BCUT2D eigenvalue weighted by molar-refractivity contribution is -0.120. The summed E-state index contributed by atoms with van der Waals surface area (Å²) in [6, 6.07) is 0. The number of amides is 2. The first-order chi connectivity index (χ1) is 18.3. The molecule has 2 N–H and O–H groups in total. The second-order valence-electron chi connectivity index (χ2n) is 11.8. The van der Waals surface area contributed by atoms with Crippen LogP contribution in [0.25, 0.3) is 0 Å². The summed E-state index contributed by atoms with van der Waals surface area (Å²) in [6.45, 7) is 10.4. The molecule has 2 aliphatic heterocycles. The summed E-state index contributed by atoms with van der Waals surface area (Å²) in [5, 5.41) is 5.86. The van der Waals surface area contributed by atoms with E-state index in [1.54, 1.807) is 7.11 Å². The van der Waals surface area contributed by atoms with Crippen molar-refractivity contribution in [2.24, 2.45) is 5.92 Å². The molecule has 3 rings (SSSR count). The molecule has 3 aliphatic rings. The number of alkyl carbamates (subject to hydrolysis) is 1. The number of ether oxygens (including phenoxy) is 4. The van der Waals surface area contributed by atoms with Crippen LogP contribution in [0.4, 0.5) is 4.79 Å². The highest BCUT2D eigenvalue weighted by atomic mass is 16.6. The Hall–Kier alpha value is -1.64. The lowest BCUT2D eigenvalue weighted by atomic mass is 9.68. The highest BCUT2D eigenvalue weighted by molar-refractivity contribution is 5.75. The highest BCUT2D eigenvalue weighted by Gasteiger charge is 2.72. The van der Waals surface area contributed by atoms with E-state index in [0.717, 1.165) is 58.1 Å². The van der Waals surface area contributed by atoms with E-state index < -0.39 is 0 Å². The zero-order chi connectivity index (χ0) is 27.6. The van der Waals surface area contributed by atoms with Gasteiger partial charge in [0.25, 0.3) is 0 Å². The van der Waals surface area contributed by atoms with E-state index in [0.29, 0.717) is 13.0 Å². The summed E-state index contributed by atoms with van der Waals surface area (Å²) >= 11 is 0. The average molecular weight is 537 g/mol. The Morgan fingerprint density at radius 3 is 2.16 bits per heavy atom. The Balaban J connectivity index is 1.30. The monoisotopic (exact) mass is 536 g/mol. The molecule has 0 bridgehead atoms. The highest BCUT2D eigenvalue weighted by Crippen LogP contribution is 2.59. The molecule has 2 saturated heterocycles. The molecular formula is C30H52N2O6. The van der Waals surface area contributed by atoms with Crippen LogP contribution < -0.4 is 10.6 Å². The van der Waals surface area contributed by atoms with Crippen LogP contribution in [-0.2, 0) is 23.7 Å². The molecule has 3 fully saturated rings. The van der Waals surface area contributed by atoms with Gasteiger partial charge >= 0.3 is 6.09 Å². The maximum Gasteiger partial charge on any atom is 0.407 e. The number of rotatable bonds is 17. The first-order valence-electron chi connectivity index (χ1n) is 14.9. The lowest BCUT2D eigenvalue weighted by Crippen LogP contribution is -2.56. The quantitative estimate of drug-likeness (QED) is 0.146. The number of allylic oxidation sites excluding steroid dienone is 1. The van der Waals surface area contributed by atoms with Crippen LogP contribution in [0.1, 0.15) is 105 Å². The molecule has 218 valence electrons. The van der Waals surface area contributed by atoms with Crippen molar-refractivity contribution in [3.05, 3.63) is 11.6 Å². The number of nitrogens with one attached hydrogen (secondary N) is 2. The van der Waals surface area contributed by atoms with Gasteiger partial charge in [-0.1, -0.05) is 57.1 Å². The summed E-state index contributed by atoms with van der Waals surface area (Å²) in [5.41, 5.74) is 0.749. The van der Waals surface area contributed by atoms with E-state index in [1.807, 2.05) is 6.92 Å². The normalized spacial score (nSPS) is 31.5. The Morgan fingerprint density at radius 2 is 1.61 bits per heavy atom. The van der Waals surface area contributed by atoms with Crippen molar-refractivity contribution in [3.63, 3.8) is 0 Å². The predicted molar refractivity (Wildman–Crippen MR) is 148 cm³/mol. The van der Waals surface area contributed by atoms with Gasteiger partial charge in [0.2, 0.25) is 5.91 Å². The number of unbranched alkanes of at least 4 members (excludes halogenated alkanes) is 7. The molecular weight excluding hydrogens is 484 g/mol. The molecule has 0 radical (unpaired) electrons. The third-order valence-electron chi connectivity index (χ3n) is 8.51. The molecule has 3 unspecified atom stereocenters. The van der Waals surface area contributed by atoms with Gasteiger partial charge in [0.05, 0.1) is 18.6 Å². The lowest BCUT2D eigenvalue weighted by Gasteiger charge is -2.42. The molecule has 0 aromatic rings. The fourth-order valence-corrected chi connectivity index (χ4v) is 6.10. The summed E-state index contributed by atoms with van der Waals surface area (Å²) in [6.07, 6.45) is 13.6. The first-order valence-corrected chi connectivity index (χ1v) is 14.9. The van der Waals surface area contributed by atoms with E-state index in [4.69, 9.17) is 18.9 Å². The van der Waals surface area contributed by atoms with Gasteiger partial charge < -0.3 is 29.6 Å². The smallest absolute Gasteiger partial charge is 0.407 e. The van der Waals surface area contributed by atoms with Gasteiger partial charge in [-0.15, -0.1) is 0 Å². The van der Waals surface area contributed by atoms with Gasteiger partial charge in [0.15, 0.2) is 0 Å². The minimum atomic E-state index is -0.360. The second kappa shape index (κ2) is 14.7. The zero-order valence-corrected chi connectivity index (χ0v) is 24.4. The number of epoxide rings is 2. The van der Waals surface area contributed by atoms with E-state index in [2.05, 4.69) is 37.5 Å². The first kappa shape index (κ1) is 30.9. The van der Waals surface area contributed by atoms with Crippen molar-refractivity contribution in [2.75, 3.05) is 26.8 Å². The number of methoxy groups -OCH3 is 1. The van der Waals surface area contributed by atoms with E-state index in [9.17, 15) is 9.59 Å². The van der Waals surface area contributed by atoms with Gasteiger partial charge in [0, 0.05) is 26.6 Å². The van der Waals surface area contributed by atoms with Crippen molar-refractivity contribution in [1.29, 1.82) is 0 Å². The van der Waals surface area contributed by atoms with E-state index in [1.165, 1.54) is 31.3 Å². The third kappa shape index (κ3) is 8.68. The van der Waals surface area contributed by atoms with Gasteiger partial charge in [-0.3, -0.25) is 4.79 Å². The van der Waals surface area contributed by atoms with Crippen LogP contribution in [0.2, 0.25) is 0 Å². The predicted octanol–water partition coefficient (Wildman–Crippen LogP) is 5.44. The molecule has 2 heterocycles. The average Bonchev–Trinajstić information content (AvgIpc) is 3.81. The minimum Gasteiger partial charge on any atom is -0.443 e. The molecule has 0 aromatic heterocycles. The standard InChI is InChI=1S/C30H52N2O6/c1-6-25(33)31-19-13-11-9-7-8-10-12-14-20-32-28(34)37-23-17-18-30(21-36-30)27(26(23)35-5)29(4)24(38-29)16-15-22(2)3/h15,23-24,26-27H,6-14,16-21H2,1-5H3,(H,31,33)(H,32,34)/t23?,24-,26?,27?,29-,30+/m1/s1. The minimum absolute atomic E-state index is 0.0391. The fraction of sp³-hybridized carbons (Fsp3) is 0.867. The summed E-state index contributed by atoms with van der Waals surface area (Å²) in [7, 11) is 1.70. The number of hydrogen-bond acceptors (Lipinski definition) is 6. The summed E-state index contributed by atoms with van der Waals surface area (Å²) in [5.74, 6) is 0.175. The van der Waals surface area contributed by atoms with Gasteiger partial charge in [0.1, 0.15) is 23.4 Å². The molecule has 1 saturated carbocycles. The van der Waals surface area contributed by atoms with Crippen LogP contribution in [0.5, 0.6) is 0 Å².